The van der Waals surface area contributed by atoms with Gasteiger partial charge in [0.05, 0.1) is 35.6 Å². The van der Waals surface area contributed by atoms with Gasteiger partial charge >= 0.3 is 17.9 Å². The zero-order valence-corrected chi connectivity index (χ0v) is 31.7. The van der Waals surface area contributed by atoms with Crippen molar-refractivity contribution in [2.24, 2.45) is 16.7 Å². The first-order chi connectivity index (χ1) is 25.8. The summed E-state index contributed by atoms with van der Waals surface area (Å²) >= 11 is 0. The van der Waals surface area contributed by atoms with Crippen molar-refractivity contribution in [2.45, 2.75) is 115 Å². The number of aliphatic hydroxyl groups excluding tert-OH is 3. The van der Waals surface area contributed by atoms with Crippen LogP contribution in [0.25, 0.3) is 0 Å². The molecule has 55 heavy (non-hydrogen) atoms. The van der Waals surface area contributed by atoms with Crippen molar-refractivity contribution in [3.8, 4) is 0 Å². The molecule has 5 N–H and O–H groups in total. The molecular formula is C41H49NO13. The molecule has 4 aliphatic rings. The van der Waals surface area contributed by atoms with Gasteiger partial charge in [0.15, 0.2) is 17.5 Å². The largest absolute Gasteiger partial charge is 0.456 e. The predicted octanol–water partition coefficient (Wildman–Crippen LogP) is 2.26. The molecule has 1 amide bonds. The van der Waals surface area contributed by atoms with Crippen molar-refractivity contribution in [2.75, 3.05) is 6.61 Å². The van der Waals surface area contributed by atoms with Gasteiger partial charge in [-0.15, -0.1) is 0 Å². The van der Waals surface area contributed by atoms with E-state index in [1.54, 1.807) is 69.3 Å². The highest BCUT2D eigenvalue weighted by molar-refractivity contribution is 5.94. The van der Waals surface area contributed by atoms with Crippen molar-refractivity contribution in [1.82, 2.24) is 5.32 Å². The van der Waals surface area contributed by atoms with Crippen LogP contribution in [0.1, 0.15) is 82.8 Å². The van der Waals surface area contributed by atoms with Crippen LogP contribution in [-0.2, 0) is 38.1 Å². The van der Waals surface area contributed by atoms with E-state index in [1.165, 1.54) is 26.0 Å². The molecule has 0 aromatic heterocycles. The molecule has 0 radical (unpaired) electrons. The Kier molecular flexibility index (Phi) is 10.6. The molecule has 0 unspecified atom stereocenters. The predicted molar refractivity (Wildman–Crippen MR) is 193 cm³/mol. The van der Waals surface area contributed by atoms with Crippen molar-refractivity contribution >= 4 is 29.6 Å². The van der Waals surface area contributed by atoms with E-state index in [9.17, 15) is 44.4 Å². The molecule has 2 aromatic carbocycles. The van der Waals surface area contributed by atoms with E-state index in [4.69, 9.17) is 18.9 Å². The Balaban J connectivity index is 1.51. The first kappa shape index (κ1) is 40.2. The van der Waals surface area contributed by atoms with Crippen LogP contribution >= 0.6 is 0 Å². The van der Waals surface area contributed by atoms with Crippen molar-refractivity contribution in [3.63, 3.8) is 0 Å². The number of carbonyl (C=O) groups excluding carboxylic acids is 5. The van der Waals surface area contributed by atoms with Gasteiger partial charge in [0, 0.05) is 31.6 Å². The Bertz CT molecular complexity index is 1880. The Morgan fingerprint density at radius 1 is 0.982 bits per heavy atom. The highest BCUT2D eigenvalue weighted by Gasteiger charge is 2.78. The van der Waals surface area contributed by atoms with Gasteiger partial charge in [0.2, 0.25) is 5.91 Å². The lowest BCUT2D eigenvalue weighted by atomic mass is 9.44. The number of nitrogens with one attached hydrogen (secondary N) is 1. The smallest absolute Gasteiger partial charge is 0.338 e. The average Bonchev–Trinajstić information content (AvgIpc) is 3.15. The molecule has 1 heterocycles. The van der Waals surface area contributed by atoms with Gasteiger partial charge in [-0.2, -0.15) is 0 Å². The van der Waals surface area contributed by atoms with Crippen LogP contribution < -0.4 is 5.32 Å². The van der Waals surface area contributed by atoms with Crippen molar-refractivity contribution in [1.29, 1.82) is 0 Å². The van der Waals surface area contributed by atoms with Gasteiger partial charge in [-0.1, -0.05) is 69.3 Å². The zero-order valence-electron chi connectivity index (χ0n) is 31.7. The first-order valence-corrected chi connectivity index (χ1v) is 18.5. The number of rotatable bonds is 9. The minimum Gasteiger partial charge on any atom is -0.456 e. The summed E-state index contributed by atoms with van der Waals surface area (Å²) in [4.78, 5) is 68.2. The number of hydrogen-bond acceptors (Lipinski definition) is 13. The number of amides is 1. The molecule has 2 aromatic rings. The maximum atomic E-state index is 14.9. The van der Waals surface area contributed by atoms with Gasteiger partial charge in [0.1, 0.15) is 30.0 Å². The van der Waals surface area contributed by atoms with E-state index < -0.39 is 107 Å². The summed E-state index contributed by atoms with van der Waals surface area (Å²) < 4.78 is 24.1. The lowest BCUT2D eigenvalue weighted by Gasteiger charge is -2.67. The highest BCUT2D eigenvalue weighted by atomic mass is 16.6. The molecule has 3 fully saturated rings. The summed E-state index contributed by atoms with van der Waals surface area (Å²) in [6, 6.07) is 15.0. The Hall–Kier alpha value is -4.47. The molecule has 14 heteroatoms. The summed E-state index contributed by atoms with van der Waals surface area (Å²) in [6.45, 7) is 8.52. The van der Waals surface area contributed by atoms with Crippen LogP contribution in [0.3, 0.4) is 0 Å². The lowest BCUT2D eigenvalue weighted by molar-refractivity contribution is -0.346. The monoisotopic (exact) mass is 763 g/mol. The minimum atomic E-state index is -2.32. The number of fused-ring (bicyclic) bond motifs is 5. The summed E-state index contributed by atoms with van der Waals surface area (Å²) in [5, 5.41) is 51.4. The molecule has 3 aliphatic carbocycles. The zero-order chi connectivity index (χ0) is 40.2. The molecule has 0 spiro atoms. The van der Waals surface area contributed by atoms with Crippen LogP contribution in [0.4, 0.5) is 0 Å². The third kappa shape index (κ3) is 6.37. The normalized spacial score (nSPS) is 34.6. The average molecular weight is 764 g/mol. The number of carbonyl (C=O) groups is 5. The number of Topliss-reactive ketones (excluding diaryl/α,β-unsaturated/α-hetero) is 1. The van der Waals surface area contributed by atoms with E-state index in [-0.39, 0.29) is 36.2 Å². The second-order valence-corrected chi connectivity index (χ2v) is 15.8. The number of benzene rings is 2. The minimum absolute atomic E-state index is 0.0430. The number of hydrogen-bond donors (Lipinski definition) is 5. The molecule has 2 saturated carbocycles. The van der Waals surface area contributed by atoms with E-state index in [1.807, 2.05) is 0 Å². The molecule has 11 atom stereocenters. The summed E-state index contributed by atoms with van der Waals surface area (Å²) in [5.74, 6) is -5.70. The van der Waals surface area contributed by atoms with Crippen molar-refractivity contribution in [3.05, 3.63) is 82.9 Å². The molecule has 296 valence electrons. The number of aliphatic hydroxyl groups is 4. The van der Waals surface area contributed by atoms with Gasteiger partial charge < -0.3 is 44.7 Å². The molecule has 6 rings (SSSR count). The van der Waals surface area contributed by atoms with E-state index in [2.05, 4.69) is 5.32 Å². The van der Waals surface area contributed by atoms with E-state index >= 15 is 0 Å². The molecule has 14 nitrogen and oxygen atoms in total. The number of ether oxygens (including phenoxy) is 4. The third-order valence-corrected chi connectivity index (χ3v) is 12.5. The Morgan fingerprint density at radius 2 is 1.60 bits per heavy atom. The summed E-state index contributed by atoms with van der Waals surface area (Å²) in [6.07, 6.45) is -10.2. The number of esters is 3. The van der Waals surface area contributed by atoms with E-state index in [0.717, 1.165) is 6.92 Å². The molecule has 1 aliphatic heterocycles. The SMILES string of the molecule is CCC(=O)N[C@@H](c1ccccc1)[C@@H](O)C(=O)O[C@H]1C[C@@]2(O)[C@@H](OC(=O)c3ccccc3)[C@@H]3[C@]4(OC(C)=O)CO[C@@H]4C[C@H](O)[C@@]3(C)C(=O)[C@H](O)C(=C1C)C2(C)C. The topological polar surface area (TPSA) is 215 Å². The van der Waals surface area contributed by atoms with Crippen LogP contribution in [0.5, 0.6) is 0 Å². The van der Waals surface area contributed by atoms with Gasteiger partial charge in [-0.05, 0) is 42.7 Å². The van der Waals surface area contributed by atoms with Crippen LogP contribution in [0.15, 0.2) is 71.8 Å². The fourth-order valence-electron chi connectivity index (χ4n) is 9.40. The van der Waals surface area contributed by atoms with Gasteiger partial charge in [0.25, 0.3) is 0 Å². The van der Waals surface area contributed by atoms with Crippen LogP contribution in [-0.4, -0.2) is 104 Å². The summed E-state index contributed by atoms with van der Waals surface area (Å²) in [5.41, 5.74) is -6.99. The fourth-order valence-corrected chi connectivity index (χ4v) is 9.40. The Labute approximate surface area is 318 Å². The molecule has 1 saturated heterocycles. The lowest BCUT2D eigenvalue weighted by Crippen LogP contribution is -2.81. The van der Waals surface area contributed by atoms with Crippen LogP contribution in [0.2, 0.25) is 0 Å². The maximum Gasteiger partial charge on any atom is 0.338 e. The molecular weight excluding hydrogens is 714 g/mol. The van der Waals surface area contributed by atoms with E-state index in [0.29, 0.717) is 5.56 Å². The van der Waals surface area contributed by atoms with Crippen LogP contribution in [0, 0.1) is 16.7 Å². The van der Waals surface area contributed by atoms with Crippen molar-refractivity contribution < 1.29 is 63.3 Å². The third-order valence-electron chi connectivity index (χ3n) is 12.5. The maximum absolute atomic E-state index is 14.9. The quantitative estimate of drug-likeness (QED) is 0.141. The number of ketones is 1. The van der Waals surface area contributed by atoms with Gasteiger partial charge in [-0.25, -0.2) is 9.59 Å². The van der Waals surface area contributed by atoms with Gasteiger partial charge in [-0.3, -0.25) is 14.4 Å². The highest BCUT2D eigenvalue weighted by Crippen LogP contribution is 2.64. The second kappa shape index (κ2) is 14.6. The fraction of sp³-hybridized carbons (Fsp3) is 0.537. The standard InChI is InChI=1S/C41H49NO13/c1-7-28(45)42-30(23-14-10-8-11-15-23)32(47)37(50)53-25-19-41(51)35(54-36(49)24-16-12-9-13-17-24)33-39(6,34(48)31(46)29(21(25)2)38(41,4)5)26(44)18-27-40(33,20-52-27)55-22(3)43/h8-17,25-27,30-33,35,44,46-47,51H,7,18-20H2,1-6H3,(H,42,45)/t25-,26-,27+,30-,31+,32+,33-,35-,39+,40-,41+/m0/s1. The molecule has 2 bridgehead atoms. The Morgan fingerprint density at radius 3 is 2.16 bits per heavy atom. The second-order valence-electron chi connectivity index (χ2n) is 15.8. The first-order valence-electron chi connectivity index (χ1n) is 18.5. The summed E-state index contributed by atoms with van der Waals surface area (Å²) in [7, 11) is 0.